The highest BCUT2D eigenvalue weighted by Gasteiger charge is 2.36. The number of carbonyl (C=O) groups is 1. The van der Waals surface area contributed by atoms with E-state index in [2.05, 4.69) is 56.6 Å². The SMILES string of the molecule is CCOC(=O)C(F)=C(C)c1cc2c(c(Br)c1OCC)C(C)(C)CC=C2C(C)(C)C. The predicted molar refractivity (Wildman–Crippen MR) is 121 cm³/mol. The van der Waals surface area contributed by atoms with E-state index in [0.29, 0.717) is 17.9 Å². The molecule has 0 saturated carbocycles. The maximum absolute atomic E-state index is 14.8. The number of allylic oxidation sites excluding steroid dienone is 3. The van der Waals surface area contributed by atoms with E-state index < -0.39 is 11.8 Å². The topological polar surface area (TPSA) is 35.5 Å². The van der Waals surface area contributed by atoms with Gasteiger partial charge in [-0.2, -0.15) is 4.39 Å². The van der Waals surface area contributed by atoms with Crippen molar-refractivity contribution in [3.8, 4) is 5.75 Å². The highest BCUT2D eigenvalue weighted by atomic mass is 79.9. The van der Waals surface area contributed by atoms with Gasteiger partial charge in [0.1, 0.15) is 5.75 Å². The number of carbonyl (C=O) groups excluding carboxylic acids is 1. The highest BCUT2D eigenvalue weighted by molar-refractivity contribution is 9.10. The van der Waals surface area contributed by atoms with Crippen LogP contribution in [0, 0.1) is 5.41 Å². The standard InChI is InChI=1S/C24H32BrFO3/c1-9-28-21-15(14(3)20(26)22(27)29-10-2)13-16-17(23(4,5)6)11-12-24(7,8)18(16)19(21)25/h11,13H,9-10,12H2,1-8H3. The summed E-state index contributed by atoms with van der Waals surface area (Å²) in [7, 11) is 0. The van der Waals surface area contributed by atoms with Crippen LogP contribution >= 0.6 is 15.9 Å². The molecule has 0 N–H and O–H groups in total. The molecule has 0 heterocycles. The van der Waals surface area contributed by atoms with Crippen LogP contribution in [0.1, 0.15) is 78.5 Å². The van der Waals surface area contributed by atoms with Crippen LogP contribution in [0.25, 0.3) is 11.1 Å². The third-order valence-corrected chi connectivity index (χ3v) is 6.05. The maximum atomic E-state index is 14.8. The fourth-order valence-corrected chi connectivity index (χ4v) is 4.89. The lowest BCUT2D eigenvalue weighted by molar-refractivity contribution is -0.140. The van der Waals surface area contributed by atoms with Crippen LogP contribution in [0.3, 0.4) is 0 Å². The molecule has 0 aliphatic heterocycles. The molecule has 3 nitrogen and oxygen atoms in total. The van der Waals surface area contributed by atoms with E-state index in [1.54, 1.807) is 13.8 Å². The van der Waals surface area contributed by atoms with Gasteiger partial charge in [-0.25, -0.2) is 4.79 Å². The molecule has 5 heteroatoms. The average Bonchev–Trinajstić information content (AvgIpc) is 2.61. The van der Waals surface area contributed by atoms with Crippen molar-refractivity contribution >= 4 is 33.0 Å². The third-order valence-electron chi connectivity index (χ3n) is 5.29. The van der Waals surface area contributed by atoms with Gasteiger partial charge in [-0.15, -0.1) is 0 Å². The number of esters is 1. The lowest BCUT2D eigenvalue weighted by atomic mass is 9.67. The Bertz CT molecular complexity index is 873. The molecule has 160 valence electrons. The second-order valence-electron chi connectivity index (χ2n) is 9.04. The summed E-state index contributed by atoms with van der Waals surface area (Å²) in [5, 5.41) is 0. The Morgan fingerprint density at radius 2 is 1.86 bits per heavy atom. The van der Waals surface area contributed by atoms with Crippen molar-refractivity contribution in [1.29, 1.82) is 0 Å². The van der Waals surface area contributed by atoms with Crippen LogP contribution in [0.5, 0.6) is 5.75 Å². The van der Waals surface area contributed by atoms with Gasteiger partial charge in [0, 0.05) is 11.1 Å². The van der Waals surface area contributed by atoms with Gasteiger partial charge in [0.2, 0.25) is 5.83 Å². The summed E-state index contributed by atoms with van der Waals surface area (Å²) in [6.45, 7) is 16.6. The fourth-order valence-electron chi connectivity index (χ4n) is 3.82. The predicted octanol–water partition coefficient (Wildman–Crippen LogP) is 7.22. The summed E-state index contributed by atoms with van der Waals surface area (Å²) in [4.78, 5) is 12.0. The van der Waals surface area contributed by atoms with Gasteiger partial charge in [0.15, 0.2) is 0 Å². The van der Waals surface area contributed by atoms with Gasteiger partial charge < -0.3 is 9.47 Å². The molecule has 0 unspecified atom stereocenters. The molecular formula is C24H32BrFO3. The van der Waals surface area contributed by atoms with E-state index in [4.69, 9.17) is 9.47 Å². The zero-order valence-corrected chi connectivity index (χ0v) is 20.3. The van der Waals surface area contributed by atoms with Crippen molar-refractivity contribution in [2.75, 3.05) is 13.2 Å². The molecule has 0 fully saturated rings. The minimum Gasteiger partial charge on any atom is -0.492 e. The van der Waals surface area contributed by atoms with Crippen LogP contribution < -0.4 is 4.74 Å². The Morgan fingerprint density at radius 3 is 2.38 bits per heavy atom. The monoisotopic (exact) mass is 466 g/mol. The zero-order valence-electron chi connectivity index (χ0n) is 18.8. The number of benzene rings is 1. The van der Waals surface area contributed by atoms with Crippen molar-refractivity contribution in [3.63, 3.8) is 0 Å². The van der Waals surface area contributed by atoms with Gasteiger partial charge >= 0.3 is 5.97 Å². The van der Waals surface area contributed by atoms with Crippen molar-refractivity contribution in [3.05, 3.63) is 39.1 Å². The molecular weight excluding hydrogens is 435 g/mol. The molecule has 0 atom stereocenters. The molecule has 1 aromatic rings. The molecule has 0 bridgehead atoms. The molecule has 2 rings (SSSR count). The molecule has 0 spiro atoms. The van der Waals surface area contributed by atoms with Crippen LogP contribution in [0.4, 0.5) is 4.39 Å². The molecule has 1 aliphatic rings. The van der Waals surface area contributed by atoms with Crippen LogP contribution in [0.2, 0.25) is 0 Å². The minimum absolute atomic E-state index is 0.0770. The van der Waals surface area contributed by atoms with Gasteiger partial charge in [-0.1, -0.05) is 40.7 Å². The second-order valence-corrected chi connectivity index (χ2v) is 9.83. The first-order chi connectivity index (χ1) is 13.4. The Hall–Kier alpha value is -1.62. The number of hydrogen-bond donors (Lipinski definition) is 0. The number of halogens is 2. The first-order valence-electron chi connectivity index (χ1n) is 10.1. The summed E-state index contributed by atoms with van der Waals surface area (Å²) >= 11 is 3.76. The molecule has 1 aliphatic carbocycles. The van der Waals surface area contributed by atoms with Crippen molar-refractivity contribution in [1.82, 2.24) is 0 Å². The van der Waals surface area contributed by atoms with E-state index >= 15 is 0 Å². The Balaban J connectivity index is 2.88. The number of ether oxygens (including phenoxy) is 2. The Morgan fingerprint density at radius 1 is 1.24 bits per heavy atom. The maximum Gasteiger partial charge on any atom is 0.367 e. The second kappa shape index (κ2) is 8.63. The first-order valence-corrected chi connectivity index (χ1v) is 10.9. The minimum atomic E-state index is -0.951. The number of rotatable bonds is 5. The highest BCUT2D eigenvalue weighted by Crippen LogP contribution is 2.52. The molecule has 1 aromatic carbocycles. The molecule has 0 amide bonds. The van der Waals surface area contributed by atoms with Crippen LogP contribution in [-0.4, -0.2) is 19.2 Å². The first kappa shape index (κ1) is 23.7. The van der Waals surface area contributed by atoms with Gasteiger partial charge in [-0.3, -0.25) is 0 Å². The van der Waals surface area contributed by atoms with E-state index in [1.165, 1.54) is 5.57 Å². The summed E-state index contributed by atoms with van der Waals surface area (Å²) in [6.07, 6.45) is 3.18. The lowest BCUT2D eigenvalue weighted by Crippen LogP contribution is -2.26. The van der Waals surface area contributed by atoms with E-state index in [0.717, 1.165) is 22.0 Å². The van der Waals surface area contributed by atoms with Crippen LogP contribution in [-0.2, 0) is 14.9 Å². The fraction of sp³-hybridized carbons (Fsp3) is 0.542. The lowest BCUT2D eigenvalue weighted by Gasteiger charge is -2.38. The molecule has 0 saturated heterocycles. The van der Waals surface area contributed by atoms with E-state index in [9.17, 15) is 9.18 Å². The average molecular weight is 467 g/mol. The Kier molecular flexibility index (Phi) is 7.04. The van der Waals surface area contributed by atoms with E-state index in [-0.39, 0.29) is 23.0 Å². The van der Waals surface area contributed by atoms with Crippen molar-refractivity contribution in [2.24, 2.45) is 5.41 Å². The summed E-state index contributed by atoms with van der Waals surface area (Å²) < 4.78 is 26.5. The largest absolute Gasteiger partial charge is 0.492 e. The smallest absolute Gasteiger partial charge is 0.367 e. The van der Waals surface area contributed by atoms with Crippen molar-refractivity contribution in [2.45, 2.75) is 67.2 Å². The van der Waals surface area contributed by atoms with Crippen molar-refractivity contribution < 1.29 is 18.7 Å². The van der Waals surface area contributed by atoms with Gasteiger partial charge in [0.25, 0.3) is 0 Å². The summed E-state index contributed by atoms with van der Waals surface area (Å²) in [5.41, 5.74) is 4.03. The normalized spacial score (nSPS) is 16.6. The molecule has 29 heavy (non-hydrogen) atoms. The van der Waals surface area contributed by atoms with E-state index in [1.807, 2.05) is 13.0 Å². The third kappa shape index (κ3) is 4.60. The quantitative estimate of drug-likeness (QED) is 0.339. The van der Waals surface area contributed by atoms with Gasteiger partial charge in [-0.05, 0) is 76.7 Å². The van der Waals surface area contributed by atoms with Crippen LogP contribution in [0.15, 0.2) is 22.4 Å². The Labute approximate surface area is 182 Å². The molecule has 0 radical (unpaired) electrons. The zero-order chi connectivity index (χ0) is 22.1. The van der Waals surface area contributed by atoms with Gasteiger partial charge in [0.05, 0.1) is 17.7 Å². The summed E-state index contributed by atoms with van der Waals surface area (Å²) in [5.74, 6) is -1.28. The number of fused-ring (bicyclic) bond motifs is 1. The number of hydrogen-bond acceptors (Lipinski definition) is 3. The summed E-state index contributed by atoms with van der Waals surface area (Å²) in [6, 6.07) is 1.97. The molecule has 0 aromatic heterocycles.